The average molecular weight is 281 g/mol. The zero-order chi connectivity index (χ0) is 14.5. The summed E-state index contributed by atoms with van der Waals surface area (Å²) in [4.78, 5) is 3.82. The van der Waals surface area contributed by atoms with Crippen molar-refractivity contribution in [3.63, 3.8) is 0 Å². The van der Waals surface area contributed by atoms with Gasteiger partial charge in [0.05, 0.1) is 6.54 Å². The summed E-state index contributed by atoms with van der Waals surface area (Å²) < 4.78 is 37.0. The maximum atomic E-state index is 12.3. The molecule has 0 amide bonds. The molecule has 1 saturated heterocycles. The second-order valence-corrected chi connectivity index (χ2v) is 5.55. The average Bonchev–Trinajstić information content (AvgIpc) is 2.29. The van der Waals surface area contributed by atoms with E-state index in [9.17, 15) is 13.2 Å². The Kier molecular flexibility index (Phi) is 6.56. The molecule has 0 saturated carbocycles. The van der Waals surface area contributed by atoms with Gasteiger partial charge in [0.2, 0.25) is 0 Å². The van der Waals surface area contributed by atoms with Gasteiger partial charge in [0, 0.05) is 38.8 Å². The highest BCUT2D eigenvalue weighted by Gasteiger charge is 2.33. The molecule has 1 aliphatic heterocycles. The monoisotopic (exact) mass is 281 g/mol. The first kappa shape index (κ1) is 16.7. The SMILES string of the molecule is CCNCC(C(C)C)N1CCN(CC(F)(F)F)CC1. The van der Waals surface area contributed by atoms with Crippen LogP contribution >= 0.6 is 0 Å². The molecule has 0 bridgehead atoms. The van der Waals surface area contributed by atoms with E-state index in [1.807, 2.05) is 0 Å². The zero-order valence-electron chi connectivity index (χ0n) is 12.1. The number of hydrogen-bond acceptors (Lipinski definition) is 3. The minimum absolute atomic E-state index is 0.410. The molecule has 1 aliphatic rings. The highest BCUT2D eigenvalue weighted by atomic mass is 19.4. The van der Waals surface area contributed by atoms with Gasteiger partial charge in [-0.25, -0.2) is 0 Å². The van der Waals surface area contributed by atoms with E-state index in [0.717, 1.165) is 26.2 Å². The molecule has 1 atom stereocenters. The topological polar surface area (TPSA) is 18.5 Å². The first-order valence-corrected chi connectivity index (χ1v) is 7.07. The van der Waals surface area contributed by atoms with Crippen molar-refractivity contribution in [3.05, 3.63) is 0 Å². The van der Waals surface area contributed by atoms with E-state index in [0.29, 0.717) is 25.0 Å². The Hall–Kier alpha value is -0.330. The zero-order valence-corrected chi connectivity index (χ0v) is 12.1. The number of nitrogens with zero attached hydrogens (tertiary/aromatic N) is 2. The summed E-state index contributed by atoms with van der Waals surface area (Å²) in [7, 11) is 0. The summed E-state index contributed by atoms with van der Waals surface area (Å²) in [6.07, 6.45) is -4.08. The molecule has 0 aromatic heterocycles. The summed E-state index contributed by atoms with van der Waals surface area (Å²) in [5, 5.41) is 3.34. The molecule has 0 aliphatic carbocycles. The highest BCUT2D eigenvalue weighted by Crippen LogP contribution is 2.19. The van der Waals surface area contributed by atoms with Crippen LogP contribution in [0.25, 0.3) is 0 Å². The normalized spacial score (nSPS) is 21.0. The lowest BCUT2D eigenvalue weighted by atomic mass is 10.0. The second-order valence-electron chi connectivity index (χ2n) is 5.55. The molecule has 0 aromatic rings. The lowest BCUT2D eigenvalue weighted by molar-refractivity contribution is -0.150. The van der Waals surface area contributed by atoms with Crippen molar-refractivity contribution in [2.24, 2.45) is 5.92 Å². The molecule has 1 N–H and O–H groups in total. The Bertz CT molecular complexity index is 248. The largest absolute Gasteiger partial charge is 0.401 e. The number of rotatable bonds is 6. The summed E-state index contributed by atoms with van der Waals surface area (Å²) in [6, 6.07) is 0.410. The molecule has 6 heteroatoms. The van der Waals surface area contributed by atoms with E-state index in [1.165, 1.54) is 4.90 Å². The first-order valence-electron chi connectivity index (χ1n) is 7.07. The van der Waals surface area contributed by atoms with Crippen LogP contribution < -0.4 is 5.32 Å². The van der Waals surface area contributed by atoms with Gasteiger partial charge in [-0.2, -0.15) is 13.2 Å². The standard InChI is InChI=1S/C13H26F3N3/c1-4-17-9-12(11(2)3)19-7-5-18(6-8-19)10-13(14,15)16/h11-12,17H,4-10H2,1-3H3. The van der Waals surface area contributed by atoms with Crippen LogP contribution in [-0.2, 0) is 0 Å². The number of piperazine rings is 1. The molecule has 0 spiro atoms. The van der Waals surface area contributed by atoms with Gasteiger partial charge in [-0.05, 0) is 12.5 Å². The third kappa shape index (κ3) is 6.10. The van der Waals surface area contributed by atoms with Gasteiger partial charge in [-0.3, -0.25) is 9.80 Å². The van der Waals surface area contributed by atoms with Gasteiger partial charge in [0.15, 0.2) is 0 Å². The van der Waals surface area contributed by atoms with E-state index in [-0.39, 0.29) is 0 Å². The van der Waals surface area contributed by atoms with Crippen LogP contribution in [-0.4, -0.2) is 67.8 Å². The minimum atomic E-state index is -4.08. The predicted molar refractivity (Wildman–Crippen MR) is 71.2 cm³/mol. The van der Waals surface area contributed by atoms with Crippen molar-refractivity contribution < 1.29 is 13.2 Å². The molecule has 0 aromatic carbocycles. The van der Waals surface area contributed by atoms with Gasteiger partial charge in [-0.1, -0.05) is 20.8 Å². The van der Waals surface area contributed by atoms with Crippen LogP contribution in [0.4, 0.5) is 13.2 Å². The van der Waals surface area contributed by atoms with Crippen LogP contribution in [0, 0.1) is 5.92 Å². The maximum absolute atomic E-state index is 12.3. The van der Waals surface area contributed by atoms with E-state index in [1.54, 1.807) is 0 Å². The van der Waals surface area contributed by atoms with Gasteiger partial charge >= 0.3 is 6.18 Å². The number of nitrogens with one attached hydrogen (secondary N) is 1. The molecule has 19 heavy (non-hydrogen) atoms. The summed E-state index contributed by atoms with van der Waals surface area (Å²) in [5.41, 5.74) is 0. The smallest absolute Gasteiger partial charge is 0.315 e. The Morgan fingerprint density at radius 3 is 2.11 bits per heavy atom. The van der Waals surface area contributed by atoms with Crippen LogP contribution in [0.2, 0.25) is 0 Å². The molecular weight excluding hydrogens is 255 g/mol. The Morgan fingerprint density at radius 2 is 1.68 bits per heavy atom. The summed E-state index contributed by atoms with van der Waals surface area (Å²) in [5.74, 6) is 0.508. The maximum Gasteiger partial charge on any atom is 0.401 e. The molecule has 1 unspecified atom stereocenters. The van der Waals surface area contributed by atoms with Crippen molar-refractivity contribution in [2.75, 3.05) is 45.8 Å². The van der Waals surface area contributed by atoms with Gasteiger partial charge in [-0.15, -0.1) is 0 Å². The van der Waals surface area contributed by atoms with Crippen molar-refractivity contribution in [1.82, 2.24) is 15.1 Å². The van der Waals surface area contributed by atoms with Crippen molar-refractivity contribution in [3.8, 4) is 0 Å². The van der Waals surface area contributed by atoms with Crippen molar-refractivity contribution in [1.29, 1.82) is 0 Å². The molecule has 0 radical (unpaired) electrons. The molecule has 1 heterocycles. The van der Waals surface area contributed by atoms with Gasteiger partial charge in [0.25, 0.3) is 0 Å². The van der Waals surface area contributed by atoms with Crippen molar-refractivity contribution in [2.45, 2.75) is 33.0 Å². The lowest BCUT2D eigenvalue weighted by Crippen LogP contribution is -2.55. The Labute approximate surface area is 114 Å². The lowest BCUT2D eigenvalue weighted by Gasteiger charge is -2.41. The number of alkyl halides is 3. The third-order valence-corrected chi connectivity index (χ3v) is 3.65. The first-order chi connectivity index (χ1) is 8.83. The number of hydrogen-bond donors (Lipinski definition) is 1. The Balaban J connectivity index is 2.42. The summed E-state index contributed by atoms with van der Waals surface area (Å²) >= 11 is 0. The Morgan fingerprint density at radius 1 is 1.11 bits per heavy atom. The van der Waals surface area contributed by atoms with Gasteiger partial charge < -0.3 is 5.32 Å². The van der Waals surface area contributed by atoms with Gasteiger partial charge in [0.1, 0.15) is 0 Å². The van der Waals surface area contributed by atoms with E-state index in [2.05, 4.69) is 31.0 Å². The fraction of sp³-hybridized carbons (Fsp3) is 1.00. The van der Waals surface area contributed by atoms with Crippen LogP contribution in [0.1, 0.15) is 20.8 Å². The fourth-order valence-electron chi connectivity index (χ4n) is 2.59. The number of likely N-dealkylation sites (N-methyl/N-ethyl adjacent to an activating group) is 1. The molecule has 1 rings (SSSR count). The minimum Gasteiger partial charge on any atom is -0.315 e. The molecule has 3 nitrogen and oxygen atoms in total. The van der Waals surface area contributed by atoms with E-state index in [4.69, 9.17) is 0 Å². The van der Waals surface area contributed by atoms with Crippen molar-refractivity contribution >= 4 is 0 Å². The van der Waals surface area contributed by atoms with Crippen LogP contribution in [0.5, 0.6) is 0 Å². The summed E-state index contributed by atoms with van der Waals surface area (Å²) in [6.45, 7) is 9.94. The number of halogens is 3. The molecule has 1 fully saturated rings. The van der Waals surface area contributed by atoms with Crippen LogP contribution in [0.3, 0.4) is 0 Å². The van der Waals surface area contributed by atoms with E-state index < -0.39 is 12.7 Å². The quantitative estimate of drug-likeness (QED) is 0.801. The van der Waals surface area contributed by atoms with E-state index >= 15 is 0 Å². The second kappa shape index (κ2) is 7.45. The predicted octanol–water partition coefficient (Wildman–Crippen LogP) is 1.80. The third-order valence-electron chi connectivity index (χ3n) is 3.65. The highest BCUT2D eigenvalue weighted by molar-refractivity contribution is 4.82. The molecular formula is C13H26F3N3. The van der Waals surface area contributed by atoms with Crippen LogP contribution in [0.15, 0.2) is 0 Å². The molecule has 114 valence electrons. The fourth-order valence-corrected chi connectivity index (χ4v) is 2.59.